The second-order valence-corrected chi connectivity index (χ2v) is 4.57. The molecule has 0 saturated heterocycles. The first-order valence-electron chi connectivity index (χ1n) is 5.57. The molecule has 6 nitrogen and oxygen atoms in total. The zero-order chi connectivity index (χ0) is 13.3. The maximum atomic E-state index is 11.2. The quantitative estimate of drug-likeness (QED) is 0.675. The lowest BCUT2D eigenvalue weighted by Gasteiger charge is -2.19. The van der Waals surface area contributed by atoms with Crippen LogP contribution in [0.15, 0.2) is 0 Å². The number of alkyl carbamates (subject to hydrolysis) is 1. The smallest absolute Gasteiger partial charge is 0.407 e. The topological polar surface area (TPSA) is 76.7 Å². The van der Waals surface area contributed by atoms with Crippen LogP contribution in [0.25, 0.3) is 0 Å². The summed E-state index contributed by atoms with van der Waals surface area (Å²) in [5.74, 6) is -0.162. The van der Waals surface area contributed by atoms with Crippen LogP contribution in [0.5, 0.6) is 0 Å². The Morgan fingerprint density at radius 3 is 2.24 bits per heavy atom. The van der Waals surface area contributed by atoms with Crippen LogP contribution in [0.4, 0.5) is 4.79 Å². The Morgan fingerprint density at radius 1 is 1.12 bits per heavy atom. The molecule has 0 spiro atoms. The van der Waals surface area contributed by atoms with Gasteiger partial charge < -0.3 is 20.1 Å². The molecule has 0 saturated carbocycles. The average molecular weight is 246 g/mol. The Labute approximate surface area is 102 Å². The third-order valence-corrected chi connectivity index (χ3v) is 1.62. The third kappa shape index (κ3) is 11.0. The summed E-state index contributed by atoms with van der Waals surface area (Å²) in [5.41, 5.74) is -0.489. The van der Waals surface area contributed by atoms with Crippen LogP contribution in [-0.2, 0) is 14.3 Å². The van der Waals surface area contributed by atoms with Crippen molar-refractivity contribution in [3.05, 3.63) is 0 Å². The zero-order valence-corrected chi connectivity index (χ0v) is 11.0. The Balaban J connectivity index is 3.46. The summed E-state index contributed by atoms with van der Waals surface area (Å²) in [5, 5.41) is 5.25. The number of hydrogen-bond acceptors (Lipinski definition) is 4. The van der Waals surface area contributed by atoms with E-state index in [-0.39, 0.29) is 12.5 Å². The number of carbonyl (C=O) groups is 2. The van der Waals surface area contributed by atoms with Gasteiger partial charge in [-0.25, -0.2) is 4.79 Å². The van der Waals surface area contributed by atoms with Crippen molar-refractivity contribution in [1.82, 2.24) is 10.6 Å². The fourth-order valence-electron chi connectivity index (χ4n) is 1.00. The molecule has 0 aliphatic heterocycles. The Bertz CT molecular complexity index is 248. The van der Waals surface area contributed by atoms with Gasteiger partial charge in [-0.05, 0) is 27.2 Å². The number of methoxy groups -OCH3 is 1. The minimum atomic E-state index is -0.489. The molecule has 2 N–H and O–H groups in total. The lowest BCUT2D eigenvalue weighted by atomic mass is 10.2. The van der Waals surface area contributed by atoms with Crippen molar-refractivity contribution < 1.29 is 19.1 Å². The van der Waals surface area contributed by atoms with E-state index in [4.69, 9.17) is 4.74 Å². The number of carbonyl (C=O) groups excluding carboxylic acids is 2. The lowest BCUT2D eigenvalue weighted by molar-refractivity contribution is -0.124. The molecule has 0 aromatic rings. The van der Waals surface area contributed by atoms with E-state index in [1.807, 2.05) is 0 Å². The fraction of sp³-hybridized carbons (Fsp3) is 0.818. The average Bonchev–Trinajstić information content (AvgIpc) is 2.14. The molecule has 2 amide bonds. The van der Waals surface area contributed by atoms with Crippen molar-refractivity contribution in [3.8, 4) is 0 Å². The molecule has 17 heavy (non-hydrogen) atoms. The Kier molecular flexibility index (Phi) is 7.29. The molecule has 6 heteroatoms. The summed E-state index contributed by atoms with van der Waals surface area (Å²) in [6.45, 7) is 6.42. The molecular formula is C11H22N2O4. The van der Waals surface area contributed by atoms with E-state index in [1.54, 1.807) is 20.8 Å². The number of rotatable bonds is 6. The molecule has 0 aromatic heterocycles. The molecule has 0 rings (SSSR count). The van der Waals surface area contributed by atoms with Crippen molar-refractivity contribution in [1.29, 1.82) is 0 Å². The highest BCUT2D eigenvalue weighted by atomic mass is 16.6. The van der Waals surface area contributed by atoms with Crippen LogP contribution in [0.2, 0.25) is 0 Å². The van der Waals surface area contributed by atoms with E-state index in [9.17, 15) is 9.59 Å². The van der Waals surface area contributed by atoms with E-state index in [1.165, 1.54) is 7.11 Å². The number of nitrogens with one attached hydrogen (secondary N) is 2. The molecule has 0 unspecified atom stereocenters. The Hall–Kier alpha value is -1.30. The molecule has 0 heterocycles. The maximum absolute atomic E-state index is 11.2. The van der Waals surface area contributed by atoms with Crippen LogP contribution < -0.4 is 10.6 Å². The molecule has 0 aromatic carbocycles. The van der Waals surface area contributed by atoms with Crippen LogP contribution in [0, 0.1) is 0 Å². The van der Waals surface area contributed by atoms with E-state index >= 15 is 0 Å². The minimum Gasteiger partial charge on any atom is -0.444 e. The summed E-state index contributed by atoms with van der Waals surface area (Å²) < 4.78 is 9.70. The van der Waals surface area contributed by atoms with E-state index in [2.05, 4.69) is 15.4 Å². The molecule has 100 valence electrons. The highest BCUT2D eigenvalue weighted by Crippen LogP contribution is 2.06. The lowest BCUT2D eigenvalue weighted by Crippen LogP contribution is -2.35. The number of amides is 2. The SMILES string of the molecule is COCC(=O)NCCCNC(=O)OC(C)(C)C. The zero-order valence-electron chi connectivity index (χ0n) is 11.0. The van der Waals surface area contributed by atoms with Gasteiger partial charge in [0.1, 0.15) is 12.2 Å². The van der Waals surface area contributed by atoms with Gasteiger partial charge in [0.25, 0.3) is 0 Å². The van der Waals surface area contributed by atoms with Gasteiger partial charge in [0.05, 0.1) is 0 Å². The molecule has 0 radical (unpaired) electrons. The largest absolute Gasteiger partial charge is 0.444 e. The van der Waals surface area contributed by atoms with E-state index in [0.29, 0.717) is 19.5 Å². The monoisotopic (exact) mass is 246 g/mol. The van der Waals surface area contributed by atoms with Crippen molar-refractivity contribution >= 4 is 12.0 Å². The Morgan fingerprint density at radius 2 is 1.71 bits per heavy atom. The van der Waals surface area contributed by atoms with Gasteiger partial charge in [-0.15, -0.1) is 0 Å². The van der Waals surface area contributed by atoms with Gasteiger partial charge in [-0.3, -0.25) is 4.79 Å². The summed E-state index contributed by atoms with van der Waals surface area (Å²) in [6.07, 6.45) is 0.204. The van der Waals surface area contributed by atoms with Crippen molar-refractivity contribution in [3.63, 3.8) is 0 Å². The molecule has 0 fully saturated rings. The minimum absolute atomic E-state index is 0.0551. The summed E-state index contributed by atoms with van der Waals surface area (Å²) in [4.78, 5) is 22.2. The maximum Gasteiger partial charge on any atom is 0.407 e. The molecule has 0 aliphatic carbocycles. The van der Waals surface area contributed by atoms with Crippen LogP contribution in [0.3, 0.4) is 0 Å². The van der Waals surface area contributed by atoms with Crippen molar-refractivity contribution in [2.45, 2.75) is 32.8 Å². The van der Waals surface area contributed by atoms with E-state index in [0.717, 1.165) is 0 Å². The molecular weight excluding hydrogens is 224 g/mol. The van der Waals surface area contributed by atoms with Gasteiger partial charge in [-0.2, -0.15) is 0 Å². The highest BCUT2D eigenvalue weighted by molar-refractivity contribution is 5.77. The van der Waals surface area contributed by atoms with Gasteiger partial charge in [0, 0.05) is 20.2 Å². The van der Waals surface area contributed by atoms with Crippen LogP contribution in [0.1, 0.15) is 27.2 Å². The summed E-state index contributed by atoms with van der Waals surface area (Å²) in [6, 6.07) is 0. The van der Waals surface area contributed by atoms with Gasteiger partial charge in [-0.1, -0.05) is 0 Å². The number of hydrogen-bond donors (Lipinski definition) is 2. The van der Waals surface area contributed by atoms with Crippen molar-refractivity contribution in [2.24, 2.45) is 0 Å². The summed E-state index contributed by atoms with van der Waals surface area (Å²) >= 11 is 0. The molecule has 0 bridgehead atoms. The molecule has 0 aliphatic rings. The van der Waals surface area contributed by atoms with Gasteiger partial charge >= 0.3 is 6.09 Å². The first-order chi connectivity index (χ1) is 7.85. The first-order valence-corrected chi connectivity index (χ1v) is 5.57. The highest BCUT2D eigenvalue weighted by Gasteiger charge is 2.15. The third-order valence-electron chi connectivity index (χ3n) is 1.62. The number of ether oxygens (including phenoxy) is 2. The van der Waals surface area contributed by atoms with Crippen LogP contribution in [-0.4, -0.2) is 44.4 Å². The summed E-state index contributed by atoms with van der Waals surface area (Å²) in [7, 11) is 1.46. The van der Waals surface area contributed by atoms with Gasteiger partial charge in [0.2, 0.25) is 5.91 Å². The predicted molar refractivity (Wildman–Crippen MR) is 63.7 cm³/mol. The van der Waals surface area contributed by atoms with Crippen LogP contribution >= 0.6 is 0 Å². The van der Waals surface area contributed by atoms with E-state index < -0.39 is 11.7 Å². The van der Waals surface area contributed by atoms with Gasteiger partial charge in [0.15, 0.2) is 0 Å². The second kappa shape index (κ2) is 7.89. The standard InChI is InChI=1S/C11H22N2O4/c1-11(2,3)17-10(15)13-7-5-6-12-9(14)8-16-4/h5-8H2,1-4H3,(H,12,14)(H,13,15). The fourth-order valence-corrected chi connectivity index (χ4v) is 1.00. The first kappa shape index (κ1) is 15.7. The predicted octanol–water partition coefficient (Wildman–Crippen LogP) is 0.664. The van der Waals surface area contributed by atoms with Crippen molar-refractivity contribution in [2.75, 3.05) is 26.8 Å². The normalized spacial score (nSPS) is 10.8. The second-order valence-electron chi connectivity index (χ2n) is 4.57. The molecule has 0 atom stereocenters.